The van der Waals surface area contributed by atoms with Crippen molar-refractivity contribution in [2.75, 3.05) is 7.11 Å². The largest absolute Gasteiger partial charge is 0.481 e. The zero-order valence-electron chi connectivity index (χ0n) is 13.1. The van der Waals surface area contributed by atoms with Gasteiger partial charge < -0.3 is 19.3 Å². The van der Waals surface area contributed by atoms with E-state index in [1.54, 1.807) is 18.2 Å². The summed E-state index contributed by atoms with van der Waals surface area (Å²) in [7, 11) is -2.85. The second-order valence-electron chi connectivity index (χ2n) is 5.21. The van der Waals surface area contributed by atoms with E-state index in [2.05, 4.69) is 9.97 Å². The summed E-state index contributed by atoms with van der Waals surface area (Å²) in [6, 6.07) is 8.79. The number of nitrogens with zero attached hydrogens (tertiary/aromatic N) is 2. The third kappa shape index (κ3) is 4.11. The molecule has 0 aliphatic heterocycles. The number of aromatic nitrogens is 2. The van der Waals surface area contributed by atoms with E-state index in [0.717, 1.165) is 6.07 Å². The number of benzene rings is 1. The monoisotopic (exact) mass is 364 g/mol. The molecule has 0 bridgehead atoms. The van der Waals surface area contributed by atoms with Crippen molar-refractivity contribution in [3.05, 3.63) is 54.0 Å². The lowest BCUT2D eigenvalue weighted by Crippen LogP contribution is -1.95. The van der Waals surface area contributed by atoms with Gasteiger partial charge in [0.15, 0.2) is 5.65 Å². The van der Waals surface area contributed by atoms with Crippen LogP contribution in [-0.4, -0.2) is 26.9 Å². The van der Waals surface area contributed by atoms with Gasteiger partial charge in [-0.1, -0.05) is 6.07 Å². The van der Waals surface area contributed by atoms with E-state index in [-0.39, 0.29) is 11.3 Å². The average molecular weight is 364 g/mol. The van der Waals surface area contributed by atoms with Crippen LogP contribution in [0.25, 0.3) is 11.0 Å². The van der Waals surface area contributed by atoms with Crippen molar-refractivity contribution in [1.29, 1.82) is 0 Å². The van der Waals surface area contributed by atoms with Crippen molar-refractivity contribution < 1.29 is 28.2 Å². The lowest BCUT2D eigenvalue weighted by atomic mass is 10.2. The highest BCUT2D eigenvalue weighted by atomic mass is 31.2. The Morgan fingerprint density at radius 2 is 2.00 bits per heavy atom. The van der Waals surface area contributed by atoms with Crippen LogP contribution in [0.4, 0.5) is 4.39 Å². The van der Waals surface area contributed by atoms with Gasteiger partial charge in [0.1, 0.15) is 17.3 Å². The van der Waals surface area contributed by atoms with Gasteiger partial charge in [-0.2, -0.15) is 4.98 Å². The van der Waals surface area contributed by atoms with Gasteiger partial charge in [-0.3, -0.25) is 4.57 Å². The fourth-order valence-corrected chi connectivity index (χ4v) is 2.96. The lowest BCUT2D eigenvalue weighted by Gasteiger charge is -2.11. The summed E-state index contributed by atoms with van der Waals surface area (Å²) in [5, 5.41) is 0.614. The topological polar surface area (TPSA) is 102 Å². The van der Waals surface area contributed by atoms with E-state index in [4.69, 9.17) is 19.3 Å². The standard InChI is InChI=1S/C16H14FN2O5P/c1-23-15-5-4-12-14(6-7-18-16(12)19-15)24-11-3-2-10(13(17)8-11)9-25(20,21)22/h2-8H,9H2,1H3,(H2,20,21,22). The fourth-order valence-electron chi connectivity index (χ4n) is 2.26. The van der Waals surface area contributed by atoms with E-state index in [1.165, 1.54) is 25.4 Å². The summed E-state index contributed by atoms with van der Waals surface area (Å²) in [6.45, 7) is 0. The summed E-state index contributed by atoms with van der Waals surface area (Å²) in [6.07, 6.45) is 0.837. The molecular formula is C16H14FN2O5P. The van der Waals surface area contributed by atoms with Crippen molar-refractivity contribution in [2.45, 2.75) is 6.16 Å². The summed E-state index contributed by atoms with van der Waals surface area (Å²) in [5.74, 6) is 0.265. The molecule has 1 aromatic carbocycles. The smallest absolute Gasteiger partial charge is 0.330 e. The minimum Gasteiger partial charge on any atom is -0.481 e. The highest BCUT2D eigenvalue weighted by Crippen LogP contribution is 2.40. The molecule has 0 spiro atoms. The molecule has 0 saturated heterocycles. The molecule has 2 aromatic heterocycles. The maximum atomic E-state index is 14.0. The second kappa shape index (κ2) is 6.76. The molecule has 2 heterocycles. The van der Waals surface area contributed by atoms with Crippen molar-refractivity contribution in [1.82, 2.24) is 9.97 Å². The summed E-state index contributed by atoms with van der Waals surface area (Å²) in [5.41, 5.74) is 0.335. The average Bonchev–Trinajstić information content (AvgIpc) is 2.56. The molecular weight excluding hydrogens is 350 g/mol. The molecule has 7 nitrogen and oxygen atoms in total. The predicted molar refractivity (Wildman–Crippen MR) is 88.3 cm³/mol. The number of hydrogen-bond acceptors (Lipinski definition) is 5. The Labute approximate surface area is 142 Å². The molecule has 0 atom stereocenters. The van der Waals surface area contributed by atoms with Crippen molar-refractivity contribution in [3.63, 3.8) is 0 Å². The first kappa shape index (κ1) is 17.3. The zero-order valence-corrected chi connectivity index (χ0v) is 14.0. The van der Waals surface area contributed by atoms with Gasteiger partial charge >= 0.3 is 7.60 Å². The van der Waals surface area contributed by atoms with Crippen LogP contribution >= 0.6 is 7.60 Å². The zero-order chi connectivity index (χ0) is 18.0. The Hall–Kier alpha value is -2.54. The van der Waals surface area contributed by atoms with Crippen LogP contribution < -0.4 is 9.47 Å². The number of halogens is 1. The van der Waals surface area contributed by atoms with Crippen LogP contribution in [-0.2, 0) is 10.7 Å². The first-order valence-electron chi connectivity index (χ1n) is 7.16. The Bertz CT molecular complexity index is 976. The molecule has 0 aliphatic rings. The molecule has 0 saturated carbocycles. The van der Waals surface area contributed by atoms with E-state index < -0.39 is 19.6 Å². The molecule has 2 N–H and O–H groups in total. The highest BCUT2D eigenvalue weighted by Gasteiger charge is 2.17. The first-order chi connectivity index (χ1) is 11.9. The van der Waals surface area contributed by atoms with Crippen molar-refractivity contribution in [3.8, 4) is 17.4 Å². The number of fused-ring (bicyclic) bond motifs is 1. The Morgan fingerprint density at radius 3 is 2.68 bits per heavy atom. The van der Waals surface area contributed by atoms with Gasteiger partial charge in [-0.15, -0.1) is 0 Å². The van der Waals surface area contributed by atoms with Gasteiger partial charge in [0.2, 0.25) is 5.88 Å². The molecule has 0 unspecified atom stereocenters. The Kier molecular flexibility index (Phi) is 4.67. The molecule has 3 aromatic rings. The number of methoxy groups -OCH3 is 1. The molecule has 0 amide bonds. The number of pyridine rings is 2. The molecule has 0 aliphatic carbocycles. The van der Waals surface area contributed by atoms with Crippen LogP contribution in [0.1, 0.15) is 5.56 Å². The van der Waals surface area contributed by atoms with Crippen LogP contribution in [0.5, 0.6) is 17.4 Å². The quantitative estimate of drug-likeness (QED) is 0.670. The molecule has 0 radical (unpaired) electrons. The third-order valence-corrected chi connectivity index (χ3v) is 4.13. The van der Waals surface area contributed by atoms with Gasteiger partial charge in [-0.05, 0) is 18.2 Å². The molecule has 0 fully saturated rings. The van der Waals surface area contributed by atoms with Gasteiger partial charge in [0.05, 0.1) is 18.7 Å². The van der Waals surface area contributed by atoms with E-state index in [9.17, 15) is 8.96 Å². The van der Waals surface area contributed by atoms with Crippen LogP contribution in [0.15, 0.2) is 42.6 Å². The lowest BCUT2D eigenvalue weighted by molar-refractivity contribution is 0.370. The number of hydrogen-bond donors (Lipinski definition) is 2. The maximum absolute atomic E-state index is 14.0. The van der Waals surface area contributed by atoms with Gasteiger partial charge in [0.25, 0.3) is 0 Å². The fraction of sp³-hybridized carbons (Fsp3) is 0.125. The second-order valence-corrected chi connectivity index (χ2v) is 6.86. The number of rotatable bonds is 5. The third-order valence-electron chi connectivity index (χ3n) is 3.38. The van der Waals surface area contributed by atoms with Gasteiger partial charge in [0, 0.05) is 23.9 Å². The SMILES string of the molecule is COc1ccc2c(Oc3ccc(CP(=O)(O)O)c(F)c3)ccnc2n1. The van der Waals surface area contributed by atoms with Crippen molar-refractivity contribution >= 4 is 18.6 Å². The van der Waals surface area contributed by atoms with Crippen LogP contribution in [0, 0.1) is 5.82 Å². The van der Waals surface area contributed by atoms with Crippen LogP contribution in [0.2, 0.25) is 0 Å². The summed E-state index contributed by atoms with van der Waals surface area (Å²) < 4.78 is 35.8. The van der Waals surface area contributed by atoms with E-state index >= 15 is 0 Å². The first-order valence-corrected chi connectivity index (χ1v) is 8.96. The predicted octanol–water partition coefficient (Wildman–Crippen LogP) is 3.25. The minimum atomic E-state index is -4.35. The minimum absolute atomic E-state index is 0.0772. The van der Waals surface area contributed by atoms with E-state index in [1.807, 2.05) is 0 Å². The summed E-state index contributed by atoms with van der Waals surface area (Å²) in [4.78, 5) is 26.2. The van der Waals surface area contributed by atoms with Crippen LogP contribution in [0.3, 0.4) is 0 Å². The molecule has 130 valence electrons. The Morgan fingerprint density at radius 1 is 1.20 bits per heavy atom. The maximum Gasteiger partial charge on any atom is 0.330 e. The normalized spacial score (nSPS) is 11.5. The molecule has 25 heavy (non-hydrogen) atoms. The molecule has 3 rings (SSSR count). The van der Waals surface area contributed by atoms with Crippen molar-refractivity contribution in [2.24, 2.45) is 0 Å². The number of ether oxygens (including phenoxy) is 2. The molecule has 9 heteroatoms. The highest BCUT2D eigenvalue weighted by molar-refractivity contribution is 7.50. The summed E-state index contributed by atoms with van der Waals surface area (Å²) >= 11 is 0. The van der Waals surface area contributed by atoms with Gasteiger partial charge in [-0.25, -0.2) is 9.37 Å². The van der Waals surface area contributed by atoms with E-state index in [0.29, 0.717) is 22.7 Å². The Balaban J connectivity index is 1.91.